The summed E-state index contributed by atoms with van der Waals surface area (Å²) in [5.74, 6) is 0.634. The van der Waals surface area contributed by atoms with Crippen molar-refractivity contribution in [3.8, 4) is 5.75 Å². The third-order valence-corrected chi connectivity index (χ3v) is 6.26. The van der Waals surface area contributed by atoms with Crippen molar-refractivity contribution in [2.75, 3.05) is 42.2 Å². The highest BCUT2D eigenvalue weighted by Crippen LogP contribution is 2.24. The van der Waals surface area contributed by atoms with Crippen molar-refractivity contribution < 1.29 is 22.7 Å². The molecular formula is C21H24N2O5S. The molecule has 154 valence electrons. The van der Waals surface area contributed by atoms with Crippen LogP contribution in [0, 0.1) is 0 Å². The summed E-state index contributed by atoms with van der Waals surface area (Å²) in [5, 5.41) is 2.78. The van der Waals surface area contributed by atoms with Gasteiger partial charge < -0.3 is 14.8 Å². The number of rotatable bonds is 8. The summed E-state index contributed by atoms with van der Waals surface area (Å²) >= 11 is 0. The van der Waals surface area contributed by atoms with Crippen molar-refractivity contribution in [2.24, 2.45) is 0 Å². The first-order valence-corrected chi connectivity index (χ1v) is 10.9. The summed E-state index contributed by atoms with van der Waals surface area (Å²) in [6.07, 6.45) is 3.76. The van der Waals surface area contributed by atoms with Crippen LogP contribution in [0.1, 0.15) is 12.0 Å². The first kappa shape index (κ1) is 20.9. The van der Waals surface area contributed by atoms with Crippen molar-refractivity contribution in [3.05, 3.63) is 60.2 Å². The Labute approximate surface area is 171 Å². The average Bonchev–Trinajstić information content (AvgIpc) is 3.07. The molecule has 7 nitrogen and oxygen atoms in total. The first-order chi connectivity index (χ1) is 14.0. The van der Waals surface area contributed by atoms with E-state index in [9.17, 15) is 13.2 Å². The summed E-state index contributed by atoms with van der Waals surface area (Å²) in [6, 6.07) is 14.2. The van der Waals surface area contributed by atoms with E-state index in [1.807, 2.05) is 0 Å². The number of carbonyl (C=O) groups is 1. The van der Waals surface area contributed by atoms with E-state index < -0.39 is 10.0 Å². The average molecular weight is 416 g/mol. The van der Waals surface area contributed by atoms with Crippen LogP contribution in [0.3, 0.4) is 0 Å². The molecular weight excluding hydrogens is 392 g/mol. The molecule has 0 radical (unpaired) electrons. The molecule has 8 heteroatoms. The Balaban J connectivity index is 1.54. The lowest BCUT2D eigenvalue weighted by atomic mass is 10.2. The third kappa shape index (κ3) is 5.82. The van der Waals surface area contributed by atoms with Crippen molar-refractivity contribution in [2.45, 2.75) is 6.42 Å². The van der Waals surface area contributed by atoms with E-state index in [2.05, 4.69) is 5.32 Å². The van der Waals surface area contributed by atoms with Crippen molar-refractivity contribution in [1.82, 2.24) is 0 Å². The van der Waals surface area contributed by atoms with Gasteiger partial charge in [-0.1, -0.05) is 12.1 Å². The Hall–Kier alpha value is -2.84. The van der Waals surface area contributed by atoms with Crippen LogP contribution in [0.15, 0.2) is 54.6 Å². The number of nitrogens with zero attached hydrogens (tertiary/aromatic N) is 1. The lowest BCUT2D eigenvalue weighted by molar-refractivity contribution is -0.111. The van der Waals surface area contributed by atoms with Crippen molar-refractivity contribution >= 4 is 33.4 Å². The fourth-order valence-electron chi connectivity index (χ4n) is 2.91. The summed E-state index contributed by atoms with van der Waals surface area (Å²) in [4.78, 5) is 12.1. The van der Waals surface area contributed by atoms with Gasteiger partial charge in [0.25, 0.3) is 0 Å². The molecule has 0 atom stereocenters. The Morgan fingerprint density at radius 2 is 1.83 bits per heavy atom. The second-order valence-electron chi connectivity index (χ2n) is 6.52. The minimum absolute atomic E-state index is 0.190. The summed E-state index contributed by atoms with van der Waals surface area (Å²) in [5.41, 5.74) is 2.12. The van der Waals surface area contributed by atoms with E-state index in [1.165, 1.54) is 10.4 Å². The van der Waals surface area contributed by atoms with Gasteiger partial charge in [0.2, 0.25) is 15.9 Å². The first-order valence-electron chi connectivity index (χ1n) is 9.29. The Morgan fingerprint density at radius 1 is 1.10 bits per heavy atom. The highest BCUT2D eigenvalue weighted by atomic mass is 32.2. The number of methoxy groups -OCH3 is 1. The molecule has 2 aromatic carbocycles. The zero-order chi connectivity index (χ0) is 20.7. The topological polar surface area (TPSA) is 84.9 Å². The molecule has 1 aliphatic rings. The second kappa shape index (κ2) is 9.58. The van der Waals surface area contributed by atoms with E-state index in [0.29, 0.717) is 43.3 Å². The number of amides is 1. The summed E-state index contributed by atoms with van der Waals surface area (Å²) in [7, 11) is -1.57. The molecule has 1 N–H and O–H groups in total. The number of hydrogen-bond acceptors (Lipinski definition) is 5. The SMILES string of the molecule is COCCOc1ccc(NC(=O)/C=C/c2ccc(N3CCCS3(=O)=O)cc2)cc1. The maximum Gasteiger partial charge on any atom is 0.248 e. The molecule has 0 spiro atoms. The molecule has 1 saturated heterocycles. The molecule has 3 rings (SSSR count). The Morgan fingerprint density at radius 3 is 2.45 bits per heavy atom. The van der Waals surface area contributed by atoms with E-state index >= 15 is 0 Å². The normalized spacial score (nSPS) is 15.6. The molecule has 0 bridgehead atoms. The Kier molecular flexibility index (Phi) is 6.90. The maximum absolute atomic E-state index is 12.1. The van der Waals surface area contributed by atoms with E-state index in [1.54, 1.807) is 61.7 Å². The lowest BCUT2D eigenvalue weighted by Gasteiger charge is -2.16. The molecule has 1 fully saturated rings. The molecule has 29 heavy (non-hydrogen) atoms. The molecule has 1 aliphatic heterocycles. The van der Waals surface area contributed by atoms with Crippen LogP contribution in [0.25, 0.3) is 6.08 Å². The van der Waals surface area contributed by atoms with Crippen LogP contribution >= 0.6 is 0 Å². The molecule has 1 amide bonds. The van der Waals surface area contributed by atoms with Crippen molar-refractivity contribution in [1.29, 1.82) is 0 Å². The molecule has 0 saturated carbocycles. The molecule has 0 unspecified atom stereocenters. The number of anilines is 2. The van der Waals surface area contributed by atoms with Gasteiger partial charge in [-0.2, -0.15) is 0 Å². The van der Waals surface area contributed by atoms with Gasteiger partial charge in [-0.3, -0.25) is 9.10 Å². The molecule has 2 aromatic rings. The minimum atomic E-state index is -3.19. The van der Waals surface area contributed by atoms with Crippen LogP contribution in [0.5, 0.6) is 5.75 Å². The van der Waals surface area contributed by atoms with Crippen molar-refractivity contribution in [3.63, 3.8) is 0 Å². The monoisotopic (exact) mass is 416 g/mol. The standard InChI is InChI=1S/C21H24N2O5S/c1-27-14-15-28-20-10-6-18(7-11-20)22-21(24)12-5-17-3-8-19(9-4-17)23-13-2-16-29(23,25)26/h3-12H,2,13-16H2,1H3,(H,22,24)/b12-5+. The quantitative estimate of drug-likeness (QED) is 0.528. The van der Waals surface area contributed by atoms with Gasteiger partial charge in [0.05, 0.1) is 18.0 Å². The zero-order valence-electron chi connectivity index (χ0n) is 16.2. The largest absolute Gasteiger partial charge is 0.491 e. The van der Waals surface area contributed by atoms with Crippen LogP contribution in [-0.2, 0) is 19.6 Å². The predicted molar refractivity (Wildman–Crippen MR) is 114 cm³/mol. The number of ether oxygens (including phenoxy) is 2. The number of benzene rings is 2. The van der Waals surface area contributed by atoms with Gasteiger partial charge >= 0.3 is 0 Å². The number of nitrogens with one attached hydrogen (secondary N) is 1. The van der Waals surface area contributed by atoms with E-state index in [4.69, 9.17) is 9.47 Å². The number of hydrogen-bond donors (Lipinski definition) is 1. The van der Waals surface area contributed by atoms with Crippen LogP contribution < -0.4 is 14.4 Å². The maximum atomic E-state index is 12.1. The smallest absolute Gasteiger partial charge is 0.248 e. The van der Waals surface area contributed by atoms with Gasteiger partial charge in [-0.05, 0) is 54.5 Å². The van der Waals surface area contributed by atoms with E-state index in [0.717, 1.165) is 5.56 Å². The van der Waals surface area contributed by atoms with Crippen LogP contribution in [-0.4, -0.2) is 46.9 Å². The minimum Gasteiger partial charge on any atom is -0.491 e. The number of carbonyl (C=O) groups excluding carboxylic acids is 1. The summed E-state index contributed by atoms with van der Waals surface area (Å²) in [6.45, 7) is 1.49. The van der Waals surface area contributed by atoms with Crippen LogP contribution in [0.2, 0.25) is 0 Å². The molecule has 0 aliphatic carbocycles. The molecule has 0 aromatic heterocycles. The fraction of sp³-hybridized carbons (Fsp3) is 0.286. The molecule has 1 heterocycles. The summed E-state index contributed by atoms with van der Waals surface area (Å²) < 4.78 is 35.8. The third-order valence-electron chi connectivity index (χ3n) is 4.39. The van der Waals surface area contributed by atoms with Gasteiger partial charge in [0.1, 0.15) is 12.4 Å². The van der Waals surface area contributed by atoms with Gasteiger partial charge in [0.15, 0.2) is 0 Å². The fourth-order valence-corrected chi connectivity index (χ4v) is 4.48. The van der Waals surface area contributed by atoms with Gasteiger partial charge in [-0.15, -0.1) is 0 Å². The highest BCUT2D eigenvalue weighted by molar-refractivity contribution is 7.93. The van der Waals surface area contributed by atoms with Gasteiger partial charge in [0, 0.05) is 25.4 Å². The second-order valence-corrected chi connectivity index (χ2v) is 8.53. The van der Waals surface area contributed by atoms with Crippen LogP contribution in [0.4, 0.5) is 11.4 Å². The highest BCUT2D eigenvalue weighted by Gasteiger charge is 2.28. The number of sulfonamides is 1. The van der Waals surface area contributed by atoms with E-state index in [-0.39, 0.29) is 11.7 Å². The zero-order valence-corrected chi connectivity index (χ0v) is 17.0. The predicted octanol–water partition coefficient (Wildman–Crippen LogP) is 2.90. The lowest BCUT2D eigenvalue weighted by Crippen LogP contribution is -2.24. The Bertz CT molecular complexity index is 954. The van der Waals surface area contributed by atoms with Gasteiger partial charge in [-0.25, -0.2) is 8.42 Å².